The number of hydrogen-bond acceptors (Lipinski definition) is 2. The zero-order valence-corrected chi connectivity index (χ0v) is 9.63. The molecule has 0 saturated heterocycles. The van der Waals surface area contributed by atoms with E-state index in [4.69, 9.17) is 5.26 Å². The molecule has 1 rings (SSSR count). The van der Waals surface area contributed by atoms with Crippen LogP contribution in [-0.2, 0) is 6.54 Å². The standard InChI is InChI=1S/C13H14F2N2/c1-2-3-4-5-17-9-11-12(14)6-10(8-16)7-13(11)15/h2-3,6-7,17H,4-5,9H2,1H3/b3-2+. The lowest BCUT2D eigenvalue weighted by molar-refractivity contribution is 0.536. The van der Waals surface area contributed by atoms with Gasteiger partial charge in [-0.05, 0) is 32.0 Å². The van der Waals surface area contributed by atoms with Gasteiger partial charge in [-0.15, -0.1) is 0 Å². The number of allylic oxidation sites excluding steroid dienone is 1. The molecule has 0 bridgehead atoms. The monoisotopic (exact) mass is 236 g/mol. The highest BCUT2D eigenvalue weighted by Gasteiger charge is 2.10. The summed E-state index contributed by atoms with van der Waals surface area (Å²) in [4.78, 5) is 0. The van der Waals surface area contributed by atoms with Crippen molar-refractivity contribution in [1.29, 1.82) is 5.26 Å². The quantitative estimate of drug-likeness (QED) is 0.630. The number of rotatable bonds is 5. The molecule has 1 aromatic rings. The molecule has 0 heterocycles. The smallest absolute Gasteiger partial charge is 0.131 e. The summed E-state index contributed by atoms with van der Waals surface area (Å²) in [6, 6.07) is 3.81. The van der Waals surface area contributed by atoms with Crippen LogP contribution in [0.15, 0.2) is 24.3 Å². The van der Waals surface area contributed by atoms with E-state index < -0.39 is 11.6 Å². The highest BCUT2D eigenvalue weighted by molar-refractivity contribution is 5.34. The van der Waals surface area contributed by atoms with Crippen molar-refractivity contribution < 1.29 is 8.78 Å². The zero-order chi connectivity index (χ0) is 12.7. The fourth-order valence-electron chi connectivity index (χ4n) is 1.40. The van der Waals surface area contributed by atoms with Gasteiger partial charge in [-0.3, -0.25) is 0 Å². The van der Waals surface area contributed by atoms with Gasteiger partial charge in [0.1, 0.15) is 11.6 Å². The second kappa shape index (κ2) is 6.77. The number of hydrogen-bond donors (Lipinski definition) is 1. The van der Waals surface area contributed by atoms with Gasteiger partial charge in [0.15, 0.2) is 0 Å². The molecule has 0 spiro atoms. The summed E-state index contributed by atoms with van der Waals surface area (Å²) in [5, 5.41) is 11.5. The third-order valence-electron chi connectivity index (χ3n) is 2.30. The average Bonchev–Trinajstić information content (AvgIpc) is 2.31. The number of nitriles is 1. The summed E-state index contributed by atoms with van der Waals surface area (Å²) >= 11 is 0. The Morgan fingerprint density at radius 2 is 2.00 bits per heavy atom. The Balaban J connectivity index is 2.63. The van der Waals surface area contributed by atoms with E-state index in [-0.39, 0.29) is 17.7 Å². The van der Waals surface area contributed by atoms with Crippen LogP contribution in [0.5, 0.6) is 0 Å². The van der Waals surface area contributed by atoms with Crippen molar-refractivity contribution in [2.75, 3.05) is 6.54 Å². The second-order valence-corrected chi connectivity index (χ2v) is 3.56. The van der Waals surface area contributed by atoms with E-state index >= 15 is 0 Å². The van der Waals surface area contributed by atoms with Crippen molar-refractivity contribution >= 4 is 0 Å². The predicted molar refractivity (Wildman–Crippen MR) is 62.2 cm³/mol. The van der Waals surface area contributed by atoms with Crippen molar-refractivity contribution in [3.63, 3.8) is 0 Å². The third kappa shape index (κ3) is 3.97. The molecule has 1 aromatic carbocycles. The number of halogens is 2. The molecular formula is C13H14F2N2. The van der Waals surface area contributed by atoms with E-state index in [2.05, 4.69) is 5.32 Å². The van der Waals surface area contributed by atoms with Crippen LogP contribution in [0.3, 0.4) is 0 Å². The lowest BCUT2D eigenvalue weighted by Gasteiger charge is -2.06. The van der Waals surface area contributed by atoms with E-state index in [1.807, 2.05) is 19.1 Å². The minimum absolute atomic E-state index is 0.00216. The fourth-order valence-corrected chi connectivity index (χ4v) is 1.40. The van der Waals surface area contributed by atoms with Crippen LogP contribution in [0, 0.1) is 23.0 Å². The van der Waals surface area contributed by atoms with Gasteiger partial charge in [0.05, 0.1) is 11.6 Å². The Bertz CT molecular complexity index is 424. The van der Waals surface area contributed by atoms with Gasteiger partial charge in [-0.25, -0.2) is 8.78 Å². The van der Waals surface area contributed by atoms with Crippen LogP contribution in [0.2, 0.25) is 0 Å². The second-order valence-electron chi connectivity index (χ2n) is 3.56. The van der Waals surface area contributed by atoms with Crippen molar-refractivity contribution in [3.8, 4) is 6.07 Å². The first-order valence-corrected chi connectivity index (χ1v) is 5.39. The Morgan fingerprint density at radius 3 is 2.53 bits per heavy atom. The molecule has 0 atom stereocenters. The summed E-state index contributed by atoms with van der Waals surface area (Å²) < 4.78 is 26.9. The molecule has 0 saturated carbocycles. The van der Waals surface area contributed by atoms with E-state index in [0.717, 1.165) is 18.6 Å². The molecule has 90 valence electrons. The maximum Gasteiger partial charge on any atom is 0.131 e. The Labute approximate surface area is 99.6 Å². The van der Waals surface area contributed by atoms with Gasteiger partial charge in [0, 0.05) is 12.1 Å². The normalized spacial score (nSPS) is 10.7. The Hall–Kier alpha value is -1.73. The molecule has 17 heavy (non-hydrogen) atoms. The first-order chi connectivity index (χ1) is 8.19. The van der Waals surface area contributed by atoms with E-state index in [9.17, 15) is 8.78 Å². The minimum atomic E-state index is -0.680. The van der Waals surface area contributed by atoms with Gasteiger partial charge in [0.25, 0.3) is 0 Å². The molecular weight excluding hydrogens is 222 g/mol. The molecule has 2 nitrogen and oxygen atoms in total. The molecule has 0 aliphatic heterocycles. The van der Waals surface area contributed by atoms with Crippen molar-refractivity contribution in [1.82, 2.24) is 5.32 Å². The summed E-state index contributed by atoms with van der Waals surface area (Å²) in [5.41, 5.74) is -0.0258. The summed E-state index contributed by atoms with van der Waals surface area (Å²) in [5.74, 6) is -1.36. The van der Waals surface area contributed by atoms with E-state index in [0.29, 0.717) is 6.54 Å². The number of benzene rings is 1. The molecule has 0 aliphatic rings. The maximum atomic E-state index is 13.4. The third-order valence-corrected chi connectivity index (χ3v) is 2.30. The topological polar surface area (TPSA) is 35.8 Å². The van der Waals surface area contributed by atoms with Gasteiger partial charge < -0.3 is 5.32 Å². The largest absolute Gasteiger partial charge is 0.312 e. The molecule has 0 fully saturated rings. The van der Waals surface area contributed by atoms with Crippen LogP contribution in [0.25, 0.3) is 0 Å². The Morgan fingerprint density at radius 1 is 1.35 bits per heavy atom. The SMILES string of the molecule is C/C=C/CCNCc1c(F)cc(C#N)cc1F. The fraction of sp³-hybridized carbons (Fsp3) is 0.308. The van der Waals surface area contributed by atoms with Crippen LogP contribution in [0.4, 0.5) is 8.78 Å². The van der Waals surface area contributed by atoms with Crippen molar-refractivity contribution in [3.05, 3.63) is 47.0 Å². The van der Waals surface area contributed by atoms with Crippen LogP contribution >= 0.6 is 0 Å². The van der Waals surface area contributed by atoms with Crippen molar-refractivity contribution in [2.45, 2.75) is 19.9 Å². The number of nitrogens with one attached hydrogen (secondary N) is 1. The van der Waals surface area contributed by atoms with Crippen LogP contribution in [0.1, 0.15) is 24.5 Å². The lowest BCUT2D eigenvalue weighted by atomic mass is 10.1. The van der Waals surface area contributed by atoms with Crippen molar-refractivity contribution in [2.24, 2.45) is 0 Å². The van der Waals surface area contributed by atoms with Crippen LogP contribution in [-0.4, -0.2) is 6.54 Å². The van der Waals surface area contributed by atoms with E-state index in [1.165, 1.54) is 0 Å². The lowest BCUT2D eigenvalue weighted by Crippen LogP contribution is -2.16. The van der Waals surface area contributed by atoms with Crippen LogP contribution < -0.4 is 5.32 Å². The maximum absolute atomic E-state index is 13.4. The average molecular weight is 236 g/mol. The molecule has 0 aliphatic carbocycles. The molecule has 0 amide bonds. The summed E-state index contributed by atoms with van der Waals surface area (Å²) in [7, 11) is 0. The zero-order valence-electron chi connectivity index (χ0n) is 9.63. The number of nitrogens with zero attached hydrogens (tertiary/aromatic N) is 1. The molecule has 0 radical (unpaired) electrons. The van der Waals surface area contributed by atoms with Gasteiger partial charge in [-0.1, -0.05) is 12.2 Å². The highest BCUT2D eigenvalue weighted by atomic mass is 19.1. The molecule has 4 heteroatoms. The first kappa shape index (κ1) is 13.3. The van der Waals surface area contributed by atoms with Gasteiger partial charge in [0.2, 0.25) is 0 Å². The van der Waals surface area contributed by atoms with E-state index in [1.54, 1.807) is 6.07 Å². The molecule has 0 unspecified atom stereocenters. The summed E-state index contributed by atoms with van der Waals surface area (Å²) in [6.07, 6.45) is 4.71. The van der Waals surface area contributed by atoms with Gasteiger partial charge in [-0.2, -0.15) is 5.26 Å². The molecule has 0 aromatic heterocycles. The Kier molecular flexibility index (Phi) is 5.31. The highest BCUT2D eigenvalue weighted by Crippen LogP contribution is 2.14. The first-order valence-electron chi connectivity index (χ1n) is 5.39. The summed E-state index contributed by atoms with van der Waals surface area (Å²) in [6.45, 7) is 2.70. The molecule has 1 N–H and O–H groups in total. The van der Waals surface area contributed by atoms with Gasteiger partial charge >= 0.3 is 0 Å². The minimum Gasteiger partial charge on any atom is -0.312 e. The predicted octanol–water partition coefficient (Wildman–Crippen LogP) is 2.89.